The Hall–Kier alpha value is -2.66. The molecule has 142 valence electrons. The van der Waals surface area contributed by atoms with E-state index in [1.165, 1.54) is 0 Å². The molecule has 2 aromatic rings. The molecule has 2 amide bonds. The van der Waals surface area contributed by atoms with Crippen molar-refractivity contribution in [3.05, 3.63) is 71.8 Å². The minimum absolute atomic E-state index is 0.132. The van der Waals surface area contributed by atoms with Crippen molar-refractivity contribution in [2.45, 2.75) is 51.7 Å². The molecule has 1 fully saturated rings. The molecule has 0 unspecified atom stereocenters. The van der Waals surface area contributed by atoms with Crippen LogP contribution in [0.1, 0.15) is 52.5 Å². The lowest BCUT2D eigenvalue weighted by molar-refractivity contribution is -0.175. The van der Waals surface area contributed by atoms with Crippen molar-refractivity contribution in [2.75, 3.05) is 0 Å². The van der Waals surface area contributed by atoms with Gasteiger partial charge >= 0.3 is 6.09 Å². The second-order valence-electron chi connectivity index (χ2n) is 6.43. The molecule has 0 radical (unpaired) electrons. The van der Waals surface area contributed by atoms with E-state index in [9.17, 15) is 9.59 Å². The summed E-state index contributed by atoms with van der Waals surface area (Å²) in [4.78, 5) is 26.2. The second-order valence-corrected chi connectivity index (χ2v) is 6.43. The van der Waals surface area contributed by atoms with Crippen molar-refractivity contribution in [1.82, 2.24) is 10.0 Å². The number of carbonyl (C=O) groups is 2. The summed E-state index contributed by atoms with van der Waals surface area (Å²) in [6, 6.07) is 14.7. The topological polar surface area (TPSA) is 49.9 Å². The fourth-order valence-electron chi connectivity index (χ4n) is 3.24. The number of ether oxygens (including phenoxy) is 1. The maximum atomic E-state index is 13.2. The molecule has 1 aliphatic rings. The fraction of sp³-hybridized carbons (Fsp3) is 0.364. The van der Waals surface area contributed by atoms with Crippen molar-refractivity contribution in [2.24, 2.45) is 0 Å². The first kappa shape index (κ1) is 12.7. The summed E-state index contributed by atoms with van der Waals surface area (Å²) < 4.78 is 53.0. The number of hydrogen-bond acceptors (Lipinski definition) is 4. The monoisotopic (exact) mass is 372 g/mol. The zero-order valence-corrected chi connectivity index (χ0v) is 15.0. The van der Waals surface area contributed by atoms with Gasteiger partial charge in [-0.1, -0.05) is 60.7 Å². The smallest absolute Gasteiger partial charge is 0.432 e. The van der Waals surface area contributed by atoms with E-state index in [4.69, 9.17) is 13.0 Å². The van der Waals surface area contributed by atoms with Crippen LogP contribution in [0, 0.1) is 0 Å². The molecule has 0 N–H and O–H groups in total. The lowest BCUT2D eigenvalue weighted by Crippen LogP contribution is -2.62. The zero-order chi connectivity index (χ0) is 24.4. The third-order valence-electron chi connectivity index (χ3n) is 4.59. The third-order valence-corrected chi connectivity index (χ3v) is 4.59. The van der Waals surface area contributed by atoms with Crippen LogP contribution in [0.2, 0.25) is 0 Å². The van der Waals surface area contributed by atoms with Crippen LogP contribution in [0.15, 0.2) is 60.7 Å². The lowest BCUT2D eigenvalue weighted by Gasteiger charge is -2.46. The molecule has 0 bridgehead atoms. The Bertz CT molecular complexity index is 944. The summed E-state index contributed by atoms with van der Waals surface area (Å²) in [6.45, 7) is -4.46. The van der Waals surface area contributed by atoms with Gasteiger partial charge in [-0.2, -0.15) is 10.0 Å². The van der Waals surface area contributed by atoms with E-state index in [2.05, 4.69) is 0 Å². The highest BCUT2D eigenvalue weighted by molar-refractivity contribution is 5.92. The number of imide groups is 1. The van der Waals surface area contributed by atoms with Crippen LogP contribution in [0.25, 0.3) is 0 Å². The summed E-state index contributed by atoms with van der Waals surface area (Å²) in [7, 11) is 0. The average Bonchev–Trinajstić information content (AvgIpc) is 2.74. The quantitative estimate of drug-likeness (QED) is 0.783. The van der Waals surface area contributed by atoms with E-state index in [0.717, 1.165) is 10.6 Å². The van der Waals surface area contributed by atoms with Crippen LogP contribution >= 0.6 is 0 Å². The fourth-order valence-corrected chi connectivity index (χ4v) is 3.24. The Morgan fingerprint density at radius 1 is 1.11 bits per heavy atom. The van der Waals surface area contributed by atoms with E-state index in [1.807, 2.05) is 30.3 Å². The number of cyclic esters (lactones) is 1. The predicted octanol–water partition coefficient (Wildman–Crippen LogP) is 4.35. The Balaban J connectivity index is 2.00. The summed E-state index contributed by atoms with van der Waals surface area (Å²) in [5, 5.41) is 1.45. The number of nitrogens with zero attached hydrogens (tertiary/aromatic N) is 2. The van der Waals surface area contributed by atoms with Gasteiger partial charge < -0.3 is 4.74 Å². The van der Waals surface area contributed by atoms with Crippen molar-refractivity contribution < 1.29 is 22.6 Å². The van der Waals surface area contributed by atoms with Crippen molar-refractivity contribution >= 4 is 12.0 Å². The molecule has 3 rings (SSSR count). The minimum Gasteiger partial charge on any atom is -0.438 e. The first-order chi connectivity index (χ1) is 15.4. The van der Waals surface area contributed by atoms with Crippen LogP contribution in [-0.4, -0.2) is 34.1 Å². The highest BCUT2D eigenvalue weighted by Gasteiger charge is 2.44. The number of rotatable bonds is 5. The van der Waals surface area contributed by atoms with E-state index >= 15 is 0 Å². The average molecular weight is 372 g/mol. The van der Waals surface area contributed by atoms with Gasteiger partial charge in [0.1, 0.15) is 6.10 Å². The zero-order valence-electron chi connectivity index (χ0n) is 21.0. The number of hydrazine groups is 1. The Morgan fingerprint density at radius 3 is 2.37 bits per heavy atom. The molecule has 0 saturated carbocycles. The van der Waals surface area contributed by atoms with Gasteiger partial charge in [0.05, 0.1) is 6.04 Å². The molecule has 1 aliphatic heterocycles. The van der Waals surface area contributed by atoms with Crippen LogP contribution in [0.3, 0.4) is 0 Å². The summed E-state index contributed by atoms with van der Waals surface area (Å²) in [5.74, 6) is -0.735. The molecule has 5 heteroatoms. The lowest BCUT2D eigenvalue weighted by atomic mass is 10.0. The molecule has 0 aliphatic carbocycles. The van der Waals surface area contributed by atoms with Gasteiger partial charge in [-0.05, 0) is 38.2 Å². The molecule has 2 atom stereocenters. The van der Waals surface area contributed by atoms with Gasteiger partial charge in [0.25, 0.3) is 0 Å². The normalized spacial score (nSPS) is 24.8. The first-order valence-electron chi connectivity index (χ1n) is 11.8. The highest BCUT2D eigenvalue weighted by atomic mass is 16.6. The SMILES string of the molecule is [2H]C([2H])([2H])C(N1[C@@H](C)[C@@H](c2ccccc2)OC(=O)N1C(=O)CCc1ccccc1)C([2H])([2H])[2H]. The van der Waals surface area contributed by atoms with Gasteiger partial charge in [0, 0.05) is 20.7 Å². The number of aryl methyl sites for hydroxylation is 1. The maximum absolute atomic E-state index is 13.2. The first-order valence-corrected chi connectivity index (χ1v) is 8.82. The van der Waals surface area contributed by atoms with Gasteiger partial charge in [-0.25, -0.2) is 4.79 Å². The molecule has 0 spiro atoms. The highest BCUT2D eigenvalue weighted by Crippen LogP contribution is 2.33. The van der Waals surface area contributed by atoms with E-state index in [1.54, 1.807) is 37.3 Å². The molecule has 5 nitrogen and oxygen atoms in total. The number of hydrogen-bond donors (Lipinski definition) is 0. The molecule has 27 heavy (non-hydrogen) atoms. The molecule has 2 aromatic carbocycles. The Kier molecular flexibility index (Phi) is 3.92. The van der Waals surface area contributed by atoms with E-state index < -0.39 is 43.9 Å². The maximum Gasteiger partial charge on any atom is 0.432 e. The van der Waals surface area contributed by atoms with Crippen LogP contribution in [-0.2, 0) is 16.0 Å². The summed E-state index contributed by atoms with van der Waals surface area (Å²) in [6.07, 6.45) is -1.89. The van der Waals surface area contributed by atoms with Crippen molar-refractivity contribution in [1.29, 1.82) is 0 Å². The molecular weight excluding hydrogens is 340 g/mol. The Labute approximate surface area is 168 Å². The molecule has 0 aromatic heterocycles. The predicted molar refractivity (Wildman–Crippen MR) is 104 cm³/mol. The van der Waals surface area contributed by atoms with Crippen molar-refractivity contribution in [3.8, 4) is 0 Å². The van der Waals surface area contributed by atoms with Gasteiger partial charge in [-0.3, -0.25) is 4.79 Å². The van der Waals surface area contributed by atoms with Crippen LogP contribution in [0.4, 0.5) is 4.79 Å². The second kappa shape index (κ2) is 8.35. The number of carbonyl (C=O) groups excluding carboxylic acids is 2. The largest absolute Gasteiger partial charge is 0.438 e. The number of benzene rings is 2. The molecule has 1 saturated heterocycles. The number of amides is 2. The van der Waals surface area contributed by atoms with Crippen molar-refractivity contribution in [3.63, 3.8) is 0 Å². The Morgan fingerprint density at radius 2 is 1.74 bits per heavy atom. The van der Waals surface area contributed by atoms with Gasteiger partial charge in [0.15, 0.2) is 0 Å². The third kappa shape index (κ3) is 4.19. The standard InChI is InChI=1S/C22H26N2O3/c1-16(2)23-17(3)21(19-12-8-5-9-13-19)27-22(26)24(23)20(25)15-14-18-10-6-4-7-11-18/h4-13,16-17,21H,14-15H2,1-3H3/t17-,21-/m0/s1/i1D3,2D3. The molecule has 1 heterocycles. The summed E-state index contributed by atoms with van der Waals surface area (Å²) in [5.41, 5.74) is 1.41. The minimum atomic E-state index is -3.00. The van der Waals surface area contributed by atoms with Gasteiger partial charge in [-0.15, -0.1) is 0 Å². The van der Waals surface area contributed by atoms with E-state index in [0.29, 0.717) is 17.0 Å². The van der Waals surface area contributed by atoms with Crippen LogP contribution < -0.4 is 0 Å². The van der Waals surface area contributed by atoms with Crippen LogP contribution in [0.5, 0.6) is 0 Å². The van der Waals surface area contributed by atoms with E-state index in [-0.39, 0.29) is 6.42 Å². The van der Waals surface area contributed by atoms with Gasteiger partial charge in [0.2, 0.25) is 5.91 Å². The summed E-state index contributed by atoms with van der Waals surface area (Å²) >= 11 is 0. The molecular formula is C22H26N2O3.